The minimum Gasteiger partial charge on any atom is -0.458 e. The Balaban J connectivity index is 1.92. The molecular formula is C24H23F3O3S. The summed E-state index contributed by atoms with van der Waals surface area (Å²) in [5.74, 6) is -0.701. The number of carbonyl (C=O) groups is 1. The summed E-state index contributed by atoms with van der Waals surface area (Å²) in [5, 5.41) is 0.892. The number of hydrogen-bond donors (Lipinski definition) is 0. The first kappa shape index (κ1) is 22.9. The molecule has 0 aliphatic heterocycles. The van der Waals surface area contributed by atoms with Gasteiger partial charge in [-0.3, -0.25) is 0 Å². The first-order chi connectivity index (χ1) is 14.8. The molecule has 164 valence electrons. The predicted octanol–water partition coefficient (Wildman–Crippen LogP) is 7.43. The zero-order valence-corrected chi connectivity index (χ0v) is 17.9. The van der Waals surface area contributed by atoms with Crippen LogP contribution >= 0.6 is 11.3 Å². The van der Waals surface area contributed by atoms with Crippen molar-refractivity contribution in [3.8, 4) is 16.2 Å². The van der Waals surface area contributed by atoms with Crippen LogP contribution in [0.3, 0.4) is 0 Å². The number of unbranched alkanes of at least 4 members (excludes halogenated alkanes) is 2. The largest absolute Gasteiger partial charge is 0.573 e. The summed E-state index contributed by atoms with van der Waals surface area (Å²) in [6.45, 7) is 5.54. The van der Waals surface area contributed by atoms with Gasteiger partial charge >= 0.3 is 12.3 Å². The van der Waals surface area contributed by atoms with E-state index in [0.717, 1.165) is 46.6 Å². The van der Waals surface area contributed by atoms with E-state index in [-0.39, 0.29) is 12.4 Å². The van der Waals surface area contributed by atoms with Crippen LogP contribution in [0.2, 0.25) is 0 Å². The maximum atomic E-state index is 13.0. The molecule has 0 spiro atoms. The molecule has 1 heterocycles. The van der Waals surface area contributed by atoms with Gasteiger partial charge in [0, 0.05) is 21.2 Å². The smallest absolute Gasteiger partial charge is 0.458 e. The van der Waals surface area contributed by atoms with Crippen molar-refractivity contribution in [2.24, 2.45) is 0 Å². The minimum absolute atomic E-state index is 0.100. The van der Waals surface area contributed by atoms with E-state index in [1.165, 1.54) is 17.4 Å². The molecule has 0 N–H and O–H groups in total. The van der Waals surface area contributed by atoms with Gasteiger partial charge in [0.15, 0.2) is 0 Å². The molecule has 7 heteroatoms. The predicted molar refractivity (Wildman–Crippen MR) is 117 cm³/mol. The summed E-state index contributed by atoms with van der Waals surface area (Å²) in [6.07, 6.45) is 0.0228. The Morgan fingerprint density at radius 1 is 1.10 bits per heavy atom. The average Bonchev–Trinajstić information content (AvgIpc) is 3.14. The highest BCUT2D eigenvalue weighted by atomic mass is 32.1. The van der Waals surface area contributed by atoms with E-state index in [1.54, 1.807) is 6.07 Å². The van der Waals surface area contributed by atoms with Crippen molar-refractivity contribution in [2.45, 2.75) is 45.6 Å². The fraction of sp³-hybridized carbons (Fsp3) is 0.292. The minimum atomic E-state index is -4.77. The van der Waals surface area contributed by atoms with Crippen molar-refractivity contribution >= 4 is 27.4 Å². The van der Waals surface area contributed by atoms with Crippen molar-refractivity contribution < 1.29 is 27.4 Å². The van der Waals surface area contributed by atoms with Crippen LogP contribution in [0.25, 0.3) is 20.5 Å². The number of alkyl halides is 3. The number of fused-ring (bicyclic) bond motifs is 1. The molecule has 1 aromatic heterocycles. The molecule has 0 saturated carbocycles. The van der Waals surface area contributed by atoms with Crippen LogP contribution in [0.4, 0.5) is 13.2 Å². The lowest BCUT2D eigenvalue weighted by Crippen LogP contribution is -2.17. The van der Waals surface area contributed by atoms with Crippen LogP contribution in [0, 0.1) is 0 Å². The summed E-state index contributed by atoms with van der Waals surface area (Å²) in [5.41, 5.74) is 2.01. The van der Waals surface area contributed by atoms with Gasteiger partial charge in [-0.2, -0.15) is 0 Å². The Hall–Kier alpha value is -2.80. The number of ether oxygens (including phenoxy) is 2. The Bertz CT molecular complexity index is 1070. The van der Waals surface area contributed by atoms with E-state index in [2.05, 4.69) is 18.2 Å². The maximum Gasteiger partial charge on any atom is 0.573 e. The summed E-state index contributed by atoms with van der Waals surface area (Å²) in [6, 6.07) is 12.4. The number of carbonyl (C=O) groups excluding carboxylic acids is 1. The second kappa shape index (κ2) is 10.0. The van der Waals surface area contributed by atoms with Gasteiger partial charge in [0.2, 0.25) is 0 Å². The molecule has 31 heavy (non-hydrogen) atoms. The van der Waals surface area contributed by atoms with Gasteiger partial charge in [-0.1, -0.05) is 44.5 Å². The highest BCUT2D eigenvalue weighted by Crippen LogP contribution is 2.41. The Labute approximate surface area is 183 Å². The molecule has 0 bridgehead atoms. The third kappa shape index (κ3) is 6.34. The van der Waals surface area contributed by atoms with Crippen molar-refractivity contribution in [3.05, 3.63) is 66.2 Å². The van der Waals surface area contributed by atoms with Gasteiger partial charge in [0.05, 0.1) is 0 Å². The van der Waals surface area contributed by atoms with Crippen molar-refractivity contribution in [2.75, 3.05) is 0 Å². The maximum absolute atomic E-state index is 13.0. The Morgan fingerprint density at radius 3 is 2.58 bits per heavy atom. The quantitative estimate of drug-likeness (QED) is 0.194. The highest BCUT2D eigenvalue weighted by molar-refractivity contribution is 7.22. The third-order valence-electron chi connectivity index (χ3n) is 4.74. The van der Waals surface area contributed by atoms with Crippen molar-refractivity contribution in [1.29, 1.82) is 0 Å². The standard InChI is InChI=1S/C24H23F3O3S/c1-3-5-6-7-16-9-11-19(20(12-16)30-24(25,26)27)22-14-18-10-8-17(13-21(18)31-22)15-29-23(28)4-2/h4,8-14H,2-3,5-7,15H2,1H3. The van der Waals surface area contributed by atoms with Gasteiger partial charge < -0.3 is 9.47 Å². The average molecular weight is 449 g/mol. The van der Waals surface area contributed by atoms with Crippen molar-refractivity contribution in [3.63, 3.8) is 0 Å². The molecular weight excluding hydrogens is 425 g/mol. The monoisotopic (exact) mass is 448 g/mol. The van der Waals surface area contributed by atoms with Gasteiger partial charge in [-0.25, -0.2) is 4.79 Å². The molecule has 0 radical (unpaired) electrons. The molecule has 0 saturated heterocycles. The summed E-state index contributed by atoms with van der Waals surface area (Å²) in [7, 11) is 0. The topological polar surface area (TPSA) is 35.5 Å². The number of rotatable bonds is 9. The van der Waals surface area contributed by atoms with Crippen LogP contribution < -0.4 is 4.74 Å². The van der Waals surface area contributed by atoms with E-state index in [9.17, 15) is 18.0 Å². The van der Waals surface area contributed by atoms with Crippen LogP contribution in [0.1, 0.15) is 37.3 Å². The van der Waals surface area contributed by atoms with Gasteiger partial charge in [-0.15, -0.1) is 24.5 Å². The Morgan fingerprint density at radius 2 is 1.87 bits per heavy atom. The third-order valence-corrected chi connectivity index (χ3v) is 5.87. The molecule has 3 rings (SSSR count). The molecule has 2 aromatic carbocycles. The summed E-state index contributed by atoms with van der Waals surface area (Å²) in [4.78, 5) is 11.9. The van der Waals surface area contributed by atoms with E-state index in [0.29, 0.717) is 16.9 Å². The lowest BCUT2D eigenvalue weighted by atomic mass is 10.0. The molecule has 0 aliphatic rings. The normalized spacial score (nSPS) is 11.5. The van der Waals surface area contributed by atoms with E-state index in [4.69, 9.17) is 4.74 Å². The second-order valence-corrected chi connectivity index (χ2v) is 8.21. The van der Waals surface area contributed by atoms with Crippen LogP contribution in [-0.4, -0.2) is 12.3 Å². The van der Waals surface area contributed by atoms with E-state index >= 15 is 0 Å². The van der Waals surface area contributed by atoms with Gasteiger partial charge in [0.1, 0.15) is 12.4 Å². The molecule has 0 atom stereocenters. The fourth-order valence-electron chi connectivity index (χ4n) is 3.23. The summed E-state index contributed by atoms with van der Waals surface area (Å²) >= 11 is 1.36. The highest BCUT2D eigenvalue weighted by Gasteiger charge is 2.32. The Kier molecular flexibility index (Phi) is 7.38. The van der Waals surface area contributed by atoms with E-state index < -0.39 is 12.3 Å². The van der Waals surface area contributed by atoms with Gasteiger partial charge in [-0.05, 0) is 53.6 Å². The molecule has 0 unspecified atom stereocenters. The SMILES string of the molecule is C=CC(=O)OCc1ccc2cc(-c3ccc(CCCCC)cc3OC(F)(F)F)sc2c1. The van der Waals surface area contributed by atoms with Gasteiger partial charge in [0.25, 0.3) is 0 Å². The number of esters is 1. The molecule has 0 aliphatic carbocycles. The molecule has 3 nitrogen and oxygen atoms in total. The number of aryl methyl sites for hydroxylation is 1. The molecule has 3 aromatic rings. The number of thiophene rings is 1. The molecule has 0 fully saturated rings. The van der Waals surface area contributed by atoms with E-state index in [1.807, 2.05) is 30.3 Å². The first-order valence-electron chi connectivity index (χ1n) is 9.99. The molecule has 0 amide bonds. The first-order valence-corrected chi connectivity index (χ1v) is 10.8. The number of halogens is 3. The number of hydrogen-bond acceptors (Lipinski definition) is 4. The van der Waals surface area contributed by atoms with Crippen LogP contribution in [0.15, 0.2) is 55.1 Å². The second-order valence-electron chi connectivity index (χ2n) is 7.13. The zero-order valence-electron chi connectivity index (χ0n) is 17.1. The zero-order chi connectivity index (χ0) is 22.4. The number of benzene rings is 2. The van der Waals surface area contributed by atoms with Crippen LogP contribution in [0.5, 0.6) is 5.75 Å². The fourth-order valence-corrected chi connectivity index (χ4v) is 4.38. The van der Waals surface area contributed by atoms with Crippen LogP contribution in [-0.2, 0) is 22.6 Å². The van der Waals surface area contributed by atoms with Crippen molar-refractivity contribution in [1.82, 2.24) is 0 Å². The lowest BCUT2D eigenvalue weighted by Gasteiger charge is -2.14. The lowest BCUT2D eigenvalue weighted by molar-refractivity contribution is -0.274. The summed E-state index contributed by atoms with van der Waals surface area (Å²) < 4.78 is 49.4.